The van der Waals surface area contributed by atoms with Crippen LogP contribution in [0.15, 0.2) is 35.7 Å². The summed E-state index contributed by atoms with van der Waals surface area (Å²) in [6.45, 7) is 1.13. The predicted molar refractivity (Wildman–Crippen MR) is 53.7 cm³/mol. The van der Waals surface area contributed by atoms with Gasteiger partial charge in [0.2, 0.25) is 0 Å². The van der Waals surface area contributed by atoms with Crippen LogP contribution in [0.25, 0.3) is 21.5 Å². The summed E-state index contributed by atoms with van der Waals surface area (Å²) in [5, 5.41) is 3.49. The van der Waals surface area contributed by atoms with Crippen molar-refractivity contribution in [3.63, 3.8) is 0 Å². The van der Waals surface area contributed by atoms with E-state index in [0.717, 1.165) is 11.0 Å². The molecule has 5 heteroatoms. The number of para-hydroxylation sites is 2. The van der Waals surface area contributed by atoms with E-state index in [0.29, 0.717) is 13.1 Å². The van der Waals surface area contributed by atoms with Gasteiger partial charge in [-0.05, 0) is 17.7 Å². The first-order valence-corrected chi connectivity index (χ1v) is 4.32. The quantitative estimate of drug-likeness (QED) is 0.413. The highest BCUT2D eigenvalue weighted by Crippen LogP contribution is 2.11. The van der Waals surface area contributed by atoms with Crippen molar-refractivity contribution in [2.24, 2.45) is 5.11 Å². The van der Waals surface area contributed by atoms with Crippen molar-refractivity contribution < 1.29 is 0 Å². The number of azide groups is 1. The Morgan fingerprint density at radius 2 is 2.29 bits per heavy atom. The highest BCUT2D eigenvalue weighted by Gasteiger charge is 1.99. The molecule has 5 nitrogen and oxygen atoms in total. The fraction of sp³-hybridized carbons (Fsp3) is 0.222. The van der Waals surface area contributed by atoms with Gasteiger partial charge in [-0.3, -0.25) is 0 Å². The Balaban J connectivity index is 2.29. The van der Waals surface area contributed by atoms with E-state index in [2.05, 4.69) is 15.0 Å². The Hall–Kier alpha value is -2.00. The monoisotopic (exact) mass is 187 g/mol. The Morgan fingerprint density at radius 1 is 1.43 bits per heavy atom. The van der Waals surface area contributed by atoms with E-state index >= 15 is 0 Å². The molecule has 1 aromatic heterocycles. The number of benzene rings is 1. The van der Waals surface area contributed by atoms with E-state index in [-0.39, 0.29) is 0 Å². The molecule has 2 rings (SSSR count). The summed E-state index contributed by atoms with van der Waals surface area (Å²) in [4.78, 5) is 6.93. The lowest BCUT2D eigenvalue weighted by Crippen LogP contribution is -1.98. The van der Waals surface area contributed by atoms with Crippen LogP contribution in [0, 0.1) is 0 Å². The molecule has 0 amide bonds. The van der Waals surface area contributed by atoms with Crippen molar-refractivity contribution in [2.45, 2.75) is 6.54 Å². The summed E-state index contributed by atoms with van der Waals surface area (Å²) in [7, 11) is 0. The van der Waals surface area contributed by atoms with Crippen LogP contribution in [0.4, 0.5) is 0 Å². The van der Waals surface area contributed by atoms with Crippen molar-refractivity contribution in [2.75, 3.05) is 6.54 Å². The summed E-state index contributed by atoms with van der Waals surface area (Å²) in [6, 6.07) is 7.87. The van der Waals surface area contributed by atoms with Gasteiger partial charge in [-0.25, -0.2) is 4.98 Å². The van der Waals surface area contributed by atoms with Gasteiger partial charge in [0.25, 0.3) is 0 Å². The second-order valence-corrected chi connectivity index (χ2v) is 2.88. The Morgan fingerprint density at radius 3 is 3.14 bits per heavy atom. The highest BCUT2D eigenvalue weighted by molar-refractivity contribution is 5.74. The Kier molecular flexibility index (Phi) is 2.34. The summed E-state index contributed by atoms with van der Waals surface area (Å²) in [5.74, 6) is 0. The fourth-order valence-electron chi connectivity index (χ4n) is 1.39. The summed E-state index contributed by atoms with van der Waals surface area (Å²) < 4.78 is 1.98. The van der Waals surface area contributed by atoms with Crippen LogP contribution in [0.1, 0.15) is 0 Å². The predicted octanol–water partition coefficient (Wildman–Crippen LogP) is 2.35. The van der Waals surface area contributed by atoms with Gasteiger partial charge in [0.05, 0.1) is 17.4 Å². The number of rotatable bonds is 3. The number of nitrogens with zero attached hydrogens (tertiary/aromatic N) is 5. The Labute approximate surface area is 80.6 Å². The van der Waals surface area contributed by atoms with E-state index in [1.165, 1.54) is 0 Å². The largest absolute Gasteiger partial charge is 0.330 e. The minimum absolute atomic E-state index is 0.455. The maximum atomic E-state index is 8.14. The first-order valence-electron chi connectivity index (χ1n) is 4.32. The second kappa shape index (κ2) is 3.81. The molecule has 0 spiro atoms. The maximum absolute atomic E-state index is 8.14. The Bertz CT molecular complexity index is 481. The zero-order chi connectivity index (χ0) is 9.80. The minimum Gasteiger partial charge on any atom is -0.330 e. The van der Waals surface area contributed by atoms with Gasteiger partial charge >= 0.3 is 0 Å². The molecule has 0 saturated carbocycles. The number of hydrogen-bond acceptors (Lipinski definition) is 2. The fourth-order valence-corrected chi connectivity index (χ4v) is 1.39. The van der Waals surface area contributed by atoms with Crippen molar-refractivity contribution >= 4 is 11.0 Å². The molecule has 0 atom stereocenters. The van der Waals surface area contributed by atoms with Crippen LogP contribution in [-0.2, 0) is 6.54 Å². The normalized spacial score (nSPS) is 10.0. The third-order valence-corrected chi connectivity index (χ3v) is 2.03. The molecular formula is C9H9N5. The van der Waals surface area contributed by atoms with Gasteiger partial charge in [0, 0.05) is 18.0 Å². The van der Waals surface area contributed by atoms with Crippen LogP contribution >= 0.6 is 0 Å². The number of imidazole rings is 1. The van der Waals surface area contributed by atoms with Crippen LogP contribution in [-0.4, -0.2) is 16.1 Å². The molecule has 1 aromatic carbocycles. The van der Waals surface area contributed by atoms with Gasteiger partial charge in [-0.2, -0.15) is 0 Å². The van der Waals surface area contributed by atoms with E-state index in [9.17, 15) is 0 Å². The molecule has 14 heavy (non-hydrogen) atoms. The third-order valence-electron chi connectivity index (χ3n) is 2.03. The second-order valence-electron chi connectivity index (χ2n) is 2.88. The highest BCUT2D eigenvalue weighted by atomic mass is 15.1. The average molecular weight is 187 g/mol. The number of hydrogen-bond donors (Lipinski definition) is 0. The molecular weight excluding hydrogens is 178 g/mol. The van der Waals surface area contributed by atoms with E-state index in [1.807, 2.05) is 28.8 Å². The van der Waals surface area contributed by atoms with Crippen molar-refractivity contribution in [1.29, 1.82) is 0 Å². The SMILES string of the molecule is [N-]=[N+]=NCCn1cnc2ccccc21. The van der Waals surface area contributed by atoms with E-state index < -0.39 is 0 Å². The molecule has 0 fully saturated rings. The summed E-state index contributed by atoms with van der Waals surface area (Å²) in [5.41, 5.74) is 10.2. The topological polar surface area (TPSA) is 66.6 Å². The third kappa shape index (κ3) is 1.53. The number of aromatic nitrogens is 2. The minimum atomic E-state index is 0.455. The van der Waals surface area contributed by atoms with Gasteiger partial charge in [0.15, 0.2) is 0 Å². The van der Waals surface area contributed by atoms with Crippen LogP contribution < -0.4 is 0 Å². The molecule has 1 heterocycles. The van der Waals surface area contributed by atoms with Crippen LogP contribution in [0.5, 0.6) is 0 Å². The van der Waals surface area contributed by atoms with Gasteiger partial charge in [-0.15, -0.1) is 0 Å². The van der Waals surface area contributed by atoms with Crippen molar-refractivity contribution in [3.05, 3.63) is 41.0 Å². The van der Waals surface area contributed by atoms with E-state index in [1.54, 1.807) is 6.33 Å². The first kappa shape index (κ1) is 8.59. The summed E-state index contributed by atoms with van der Waals surface area (Å²) >= 11 is 0. The standard InChI is InChI=1S/C9H9N5/c10-13-12-5-6-14-7-11-8-3-1-2-4-9(8)14/h1-4,7H,5-6H2. The number of fused-ring (bicyclic) bond motifs is 1. The van der Waals surface area contributed by atoms with Crippen LogP contribution in [0.3, 0.4) is 0 Å². The molecule has 70 valence electrons. The van der Waals surface area contributed by atoms with Gasteiger partial charge in [0.1, 0.15) is 0 Å². The molecule has 2 aromatic rings. The lowest BCUT2D eigenvalue weighted by atomic mass is 10.3. The van der Waals surface area contributed by atoms with Gasteiger partial charge < -0.3 is 4.57 Å². The van der Waals surface area contributed by atoms with Crippen molar-refractivity contribution in [1.82, 2.24) is 9.55 Å². The van der Waals surface area contributed by atoms with Crippen LogP contribution in [0.2, 0.25) is 0 Å². The molecule has 0 bridgehead atoms. The smallest absolute Gasteiger partial charge is 0.0958 e. The average Bonchev–Trinajstić information content (AvgIpc) is 2.63. The van der Waals surface area contributed by atoms with Gasteiger partial charge in [-0.1, -0.05) is 17.2 Å². The first-order chi connectivity index (χ1) is 6.92. The van der Waals surface area contributed by atoms with Crippen molar-refractivity contribution in [3.8, 4) is 0 Å². The lowest BCUT2D eigenvalue weighted by Gasteiger charge is -1.99. The lowest BCUT2D eigenvalue weighted by molar-refractivity contribution is 0.725. The zero-order valence-electron chi connectivity index (χ0n) is 7.54. The summed E-state index contributed by atoms with van der Waals surface area (Å²) in [6.07, 6.45) is 1.76. The molecule has 0 saturated heterocycles. The molecule has 0 radical (unpaired) electrons. The maximum Gasteiger partial charge on any atom is 0.0958 e. The molecule has 0 unspecified atom stereocenters. The molecule has 0 aliphatic carbocycles. The molecule has 0 N–H and O–H groups in total. The van der Waals surface area contributed by atoms with E-state index in [4.69, 9.17) is 5.53 Å². The molecule has 0 aliphatic heterocycles. The molecule has 0 aliphatic rings. The zero-order valence-corrected chi connectivity index (χ0v) is 7.54.